The van der Waals surface area contributed by atoms with Gasteiger partial charge in [0.05, 0.1) is 6.04 Å². The quantitative estimate of drug-likeness (QED) is 0.648. The molecule has 2 unspecified atom stereocenters. The van der Waals surface area contributed by atoms with Gasteiger partial charge in [0.15, 0.2) is 0 Å². The first-order valence-corrected chi connectivity index (χ1v) is 5.25. The van der Waals surface area contributed by atoms with Crippen LogP contribution in [-0.4, -0.2) is 24.5 Å². The highest BCUT2D eigenvalue weighted by Gasteiger charge is 2.18. The van der Waals surface area contributed by atoms with Crippen LogP contribution in [-0.2, 0) is 4.79 Å². The summed E-state index contributed by atoms with van der Waals surface area (Å²) in [4.78, 5) is 11.2. The number of hydrogen-bond acceptors (Lipinski definition) is 2. The molecule has 2 atom stereocenters. The standard InChI is InChI=1S/C11H18N2O/c1-3-9(4-2)13-10-6-5-7-12-11(14)8-10/h1,9-10,13H,4-8H2,2H3,(H,12,14). The monoisotopic (exact) mass is 194 g/mol. The smallest absolute Gasteiger partial charge is 0.221 e. The third-order valence-corrected chi connectivity index (χ3v) is 2.53. The van der Waals surface area contributed by atoms with Crippen LogP contribution in [0.15, 0.2) is 0 Å². The topological polar surface area (TPSA) is 41.1 Å². The number of carbonyl (C=O) groups is 1. The highest BCUT2D eigenvalue weighted by atomic mass is 16.1. The SMILES string of the molecule is C#CC(CC)NC1CCCNC(=O)C1. The Morgan fingerprint density at radius 3 is 3.21 bits per heavy atom. The fourth-order valence-electron chi connectivity index (χ4n) is 1.68. The van der Waals surface area contributed by atoms with E-state index in [0.717, 1.165) is 25.8 Å². The summed E-state index contributed by atoms with van der Waals surface area (Å²) in [7, 11) is 0. The second-order valence-corrected chi connectivity index (χ2v) is 3.69. The van der Waals surface area contributed by atoms with Crippen LogP contribution in [0.1, 0.15) is 32.6 Å². The van der Waals surface area contributed by atoms with Crippen LogP contribution in [0.2, 0.25) is 0 Å². The summed E-state index contributed by atoms with van der Waals surface area (Å²) in [6.07, 6.45) is 8.88. The van der Waals surface area contributed by atoms with E-state index >= 15 is 0 Å². The molecular formula is C11H18N2O. The number of rotatable bonds is 3. The summed E-state index contributed by atoms with van der Waals surface area (Å²) < 4.78 is 0. The van der Waals surface area contributed by atoms with Crippen molar-refractivity contribution in [3.05, 3.63) is 0 Å². The van der Waals surface area contributed by atoms with Gasteiger partial charge in [-0.3, -0.25) is 4.79 Å². The van der Waals surface area contributed by atoms with Crippen molar-refractivity contribution in [2.75, 3.05) is 6.54 Å². The maximum Gasteiger partial charge on any atom is 0.221 e. The Morgan fingerprint density at radius 2 is 2.57 bits per heavy atom. The average molecular weight is 194 g/mol. The minimum Gasteiger partial charge on any atom is -0.356 e. The Kier molecular flexibility index (Phi) is 4.48. The number of terminal acetylenes is 1. The van der Waals surface area contributed by atoms with Gasteiger partial charge in [0, 0.05) is 19.0 Å². The fourth-order valence-corrected chi connectivity index (χ4v) is 1.68. The third-order valence-electron chi connectivity index (χ3n) is 2.53. The molecule has 1 aliphatic heterocycles. The number of amides is 1. The van der Waals surface area contributed by atoms with Crippen molar-refractivity contribution in [2.24, 2.45) is 0 Å². The van der Waals surface area contributed by atoms with Crippen molar-refractivity contribution in [3.8, 4) is 12.3 Å². The van der Waals surface area contributed by atoms with Gasteiger partial charge in [-0.1, -0.05) is 12.8 Å². The molecule has 2 N–H and O–H groups in total. The molecule has 1 amide bonds. The Balaban J connectivity index is 2.42. The van der Waals surface area contributed by atoms with E-state index in [1.54, 1.807) is 0 Å². The summed E-state index contributed by atoms with van der Waals surface area (Å²) >= 11 is 0. The van der Waals surface area contributed by atoms with Crippen LogP contribution < -0.4 is 10.6 Å². The van der Waals surface area contributed by atoms with Gasteiger partial charge >= 0.3 is 0 Å². The lowest BCUT2D eigenvalue weighted by atomic mass is 10.1. The molecule has 0 aromatic heterocycles. The van der Waals surface area contributed by atoms with Gasteiger partial charge in [0.1, 0.15) is 0 Å². The lowest BCUT2D eigenvalue weighted by Gasteiger charge is -2.19. The van der Waals surface area contributed by atoms with Gasteiger partial charge in [-0.2, -0.15) is 0 Å². The zero-order valence-corrected chi connectivity index (χ0v) is 8.68. The molecule has 0 bridgehead atoms. The van der Waals surface area contributed by atoms with Crippen molar-refractivity contribution >= 4 is 5.91 Å². The zero-order valence-electron chi connectivity index (χ0n) is 8.68. The van der Waals surface area contributed by atoms with E-state index in [-0.39, 0.29) is 18.0 Å². The fraction of sp³-hybridized carbons (Fsp3) is 0.727. The van der Waals surface area contributed by atoms with E-state index in [2.05, 4.69) is 16.6 Å². The van der Waals surface area contributed by atoms with Crippen molar-refractivity contribution in [2.45, 2.75) is 44.7 Å². The van der Waals surface area contributed by atoms with Crippen LogP contribution in [0.3, 0.4) is 0 Å². The molecule has 0 saturated carbocycles. The second-order valence-electron chi connectivity index (χ2n) is 3.69. The Bertz CT molecular complexity index is 232. The molecule has 1 aliphatic rings. The molecule has 3 heteroatoms. The van der Waals surface area contributed by atoms with E-state index in [4.69, 9.17) is 6.42 Å². The highest BCUT2D eigenvalue weighted by molar-refractivity contribution is 5.76. The summed E-state index contributed by atoms with van der Waals surface area (Å²) in [5, 5.41) is 6.18. The molecule has 1 rings (SSSR count). The molecule has 14 heavy (non-hydrogen) atoms. The maximum absolute atomic E-state index is 11.2. The molecule has 0 radical (unpaired) electrons. The van der Waals surface area contributed by atoms with Crippen molar-refractivity contribution < 1.29 is 4.79 Å². The lowest BCUT2D eigenvalue weighted by Crippen LogP contribution is -2.38. The predicted molar refractivity (Wildman–Crippen MR) is 56.7 cm³/mol. The van der Waals surface area contributed by atoms with Gasteiger partial charge in [0.25, 0.3) is 0 Å². The van der Waals surface area contributed by atoms with Crippen molar-refractivity contribution in [3.63, 3.8) is 0 Å². The van der Waals surface area contributed by atoms with E-state index in [1.165, 1.54) is 0 Å². The van der Waals surface area contributed by atoms with E-state index in [0.29, 0.717) is 6.42 Å². The molecule has 0 aromatic carbocycles. The molecule has 1 fully saturated rings. The van der Waals surface area contributed by atoms with Gasteiger partial charge < -0.3 is 10.6 Å². The van der Waals surface area contributed by atoms with E-state index < -0.39 is 0 Å². The molecule has 1 heterocycles. The van der Waals surface area contributed by atoms with Crippen LogP contribution in [0.5, 0.6) is 0 Å². The third kappa shape index (κ3) is 3.39. The molecule has 3 nitrogen and oxygen atoms in total. The summed E-state index contributed by atoms with van der Waals surface area (Å²) in [6, 6.07) is 0.351. The minimum atomic E-state index is 0.103. The molecule has 0 aliphatic carbocycles. The highest BCUT2D eigenvalue weighted by Crippen LogP contribution is 2.07. The van der Waals surface area contributed by atoms with Gasteiger partial charge in [-0.15, -0.1) is 6.42 Å². The summed E-state index contributed by atoms with van der Waals surface area (Å²) in [5.74, 6) is 2.82. The predicted octanol–water partition coefficient (Wildman–Crippen LogP) is 0.656. The lowest BCUT2D eigenvalue weighted by molar-refractivity contribution is -0.121. The summed E-state index contributed by atoms with van der Waals surface area (Å²) in [5.41, 5.74) is 0. The molecule has 0 aromatic rings. The molecule has 78 valence electrons. The van der Waals surface area contributed by atoms with Crippen LogP contribution >= 0.6 is 0 Å². The van der Waals surface area contributed by atoms with Crippen LogP contribution in [0.25, 0.3) is 0 Å². The number of nitrogens with one attached hydrogen (secondary N) is 2. The molecule has 0 spiro atoms. The van der Waals surface area contributed by atoms with E-state index in [1.807, 2.05) is 6.92 Å². The zero-order chi connectivity index (χ0) is 10.4. The summed E-state index contributed by atoms with van der Waals surface area (Å²) in [6.45, 7) is 2.85. The van der Waals surface area contributed by atoms with Gasteiger partial charge in [-0.25, -0.2) is 0 Å². The second kappa shape index (κ2) is 5.66. The van der Waals surface area contributed by atoms with Gasteiger partial charge in [0.2, 0.25) is 5.91 Å². The van der Waals surface area contributed by atoms with Crippen molar-refractivity contribution in [1.29, 1.82) is 0 Å². The van der Waals surface area contributed by atoms with Gasteiger partial charge in [-0.05, 0) is 19.3 Å². The van der Waals surface area contributed by atoms with Crippen LogP contribution in [0.4, 0.5) is 0 Å². The first-order valence-electron chi connectivity index (χ1n) is 5.25. The van der Waals surface area contributed by atoms with Crippen LogP contribution in [0, 0.1) is 12.3 Å². The minimum absolute atomic E-state index is 0.103. The maximum atomic E-state index is 11.2. The Labute approximate surface area is 85.6 Å². The first-order chi connectivity index (χ1) is 6.76. The first kappa shape index (κ1) is 11.1. The largest absolute Gasteiger partial charge is 0.356 e. The normalized spacial score (nSPS) is 24.6. The van der Waals surface area contributed by atoms with Crippen molar-refractivity contribution in [1.82, 2.24) is 10.6 Å². The van der Waals surface area contributed by atoms with E-state index in [9.17, 15) is 4.79 Å². The Morgan fingerprint density at radius 1 is 1.79 bits per heavy atom. The Hall–Kier alpha value is -1.01. The average Bonchev–Trinajstić information content (AvgIpc) is 2.39. The molecular weight excluding hydrogens is 176 g/mol. The molecule has 1 saturated heterocycles. The number of hydrogen-bond donors (Lipinski definition) is 2. The number of carbonyl (C=O) groups excluding carboxylic acids is 1.